The second kappa shape index (κ2) is 11.2. The van der Waals surface area contributed by atoms with Gasteiger partial charge in [-0.05, 0) is 60.0 Å². The Balaban J connectivity index is 1.56. The average molecular weight is 610 g/mol. The van der Waals surface area contributed by atoms with Crippen molar-refractivity contribution >= 4 is 44.8 Å². The molecule has 1 unspecified atom stereocenters. The van der Waals surface area contributed by atoms with Gasteiger partial charge in [0.05, 0.1) is 17.3 Å². The van der Waals surface area contributed by atoms with E-state index < -0.39 is 23.5 Å². The molecule has 190 valence electrons. The minimum Gasteiger partial charge on any atom is -0.282 e. The number of amides is 1. The molecule has 0 saturated heterocycles. The van der Waals surface area contributed by atoms with E-state index in [0.29, 0.717) is 31.1 Å². The largest absolute Gasteiger partial charge is 0.282 e. The number of carbonyl (C=O) groups excluding carboxylic acids is 1. The Morgan fingerprint density at radius 1 is 0.921 bits per heavy atom. The fraction of sp³-hybridized carbons (Fsp3) is 0.0667. The molecule has 0 saturated carbocycles. The lowest BCUT2D eigenvalue weighted by Gasteiger charge is -2.12. The van der Waals surface area contributed by atoms with Crippen LogP contribution < -0.4 is 4.80 Å². The van der Waals surface area contributed by atoms with Gasteiger partial charge in [-0.15, -0.1) is 11.3 Å². The van der Waals surface area contributed by atoms with E-state index in [4.69, 9.17) is 11.6 Å². The molecule has 5 aromatic rings. The molecule has 1 atom stereocenters. The summed E-state index contributed by atoms with van der Waals surface area (Å²) < 4.78 is 32.3. The smallest absolute Gasteiger partial charge is 0.255 e. The molecule has 38 heavy (non-hydrogen) atoms. The van der Waals surface area contributed by atoms with Gasteiger partial charge in [0.2, 0.25) is 0 Å². The average Bonchev–Trinajstić information content (AvgIpc) is 3.32. The molecular weight excluding hydrogens is 590 g/mol. The summed E-state index contributed by atoms with van der Waals surface area (Å²) in [6.45, 7) is 1.68. The number of halogens is 4. The van der Waals surface area contributed by atoms with Crippen LogP contribution in [0.4, 0.5) is 8.78 Å². The van der Waals surface area contributed by atoms with Gasteiger partial charge in [-0.2, -0.15) is 4.99 Å². The van der Waals surface area contributed by atoms with Crippen LogP contribution in [0.15, 0.2) is 106 Å². The molecule has 0 radical (unpaired) electrons. The maximum absolute atomic E-state index is 15.1. The van der Waals surface area contributed by atoms with Crippen LogP contribution in [0.25, 0.3) is 28.1 Å². The molecule has 0 aliphatic carbocycles. The molecule has 1 amide bonds. The monoisotopic (exact) mass is 608 g/mol. The van der Waals surface area contributed by atoms with E-state index >= 15 is 4.39 Å². The van der Waals surface area contributed by atoms with Crippen molar-refractivity contribution in [3.63, 3.8) is 0 Å². The van der Waals surface area contributed by atoms with Crippen molar-refractivity contribution in [3.05, 3.63) is 128 Å². The van der Waals surface area contributed by atoms with E-state index in [2.05, 4.69) is 20.9 Å². The molecule has 0 aliphatic heterocycles. The topological polar surface area (TPSA) is 34.4 Å². The normalized spacial score (nSPS) is 12.5. The highest BCUT2D eigenvalue weighted by Gasteiger charge is 2.19. The van der Waals surface area contributed by atoms with Crippen molar-refractivity contribution < 1.29 is 13.6 Å². The molecule has 0 aliphatic rings. The fourth-order valence-electron chi connectivity index (χ4n) is 4.09. The molecule has 8 heteroatoms. The summed E-state index contributed by atoms with van der Waals surface area (Å²) in [6, 6.07) is 25.8. The van der Waals surface area contributed by atoms with Gasteiger partial charge in [0.25, 0.3) is 5.91 Å². The van der Waals surface area contributed by atoms with Crippen molar-refractivity contribution in [2.24, 2.45) is 4.99 Å². The second-order valence-corrected chi connectivity index (χ2v) is 10.8. The van der Waals surface area contributed by atoms with Gasteiger partial charge in [0, 0.05) is 20.4 Å². The van der Waals surface area contributed by atoms with E-state index in [1.165, 1.54) is 23.5 Å². The summed E-state index contributed by atoms with van der Waals surface area (Å²) in [7, 11) is 0. The van der Waals surface area contributed by atoms with Crippen LogP contribution in [0.2, 0.25) is 5.02 Å². The lowest BCUT2D eigenvalue weighted by atomic mass is 9.96. The molecule has 0 spiro atoms. The summed E-state index contributed by atoms with van der Waals surface area (Å²) in [4.78, 5) is 17.9. The Labute approximate surface area is 235 Å². The van der Waals surface area contributed by atoms with Crippen molar-refractivity contribution in [1.29, 1.82) is 0 Å². The molecule has 1 heterocycles. The first-order valence-electron chi connectivity index (χ1n) is 11.7. The Morgan fingerprint density at radius 3 is 2.34 bits per heavy atom. The SMILES string of the molecule is CC(C(=O)N=c1scc(-c2ccc(Cl)cc2)n1-c1ccc(Br)cc1F)c1ccc(-c2ccccc2)c(F)c1. The first-order valence-corrected chi connectivity index (χ1v) is 13.7. The lowest BCUT2D eigenvalue weighted by molar-refractivity contribution is -0.119. The Bertz CT molecular complexity index is 1700. The number of benzene rings is 4. The quantitative estimate of drug-likeness (QED) is 0.196. The molecule has 5 rings (SSSR count). The van der Waals surface area contributed by atoms with Crippen molar-refractivity contribution in [2.45, 2.75) is 12.8 Å². The predicted molar refractivity (Wildman–Crippen MR) is 153 cm³/mol. The standard InChI is InChI=1S/C30H20BrClF2N2OS/c1-18(21-9-13-24(25(33)15-21)19-5-3-2-4-6-19)29(37)35-30-36(27-14-10-22(31)16-26(27)34)28(17-38-30)20-7-11-23(32)12-8-20/h2-18H,1H3. The number of rotatable bonds is 5. The van der Waals surface area contributed by atoms with Gasteiger partial charge < -0.3 is 0 Å². The number of hydrogen-bond donors (Lipinski definition) is 0. The summed E-state index contributed by atoms with van der Waals surface area (Å²) in [6.07, 6.45) is 0. The van der Waals surface area contributed by atoms with E-state index in [0.717, 1.165) is 11.1 Å². The number of carbonyl (C=O) groups is 1. The predicted octanol–water partition coefficient (Wildman–Crippen LogP) is 8.80. The van der Waals surface area contributed by atoms with Crippen LogP contribution >= 0.6 is 38.9 Å². The van der Waals surface area contributed by atoms with Gasteiger partial charge in [-0.1, -0.05) is 82.1 Å². The summed E-state index contributed by atoms with van der Waals surface area (Å²) in [5, 5.41) is 2.39. The minimum absolute atomic E-state index is 0.247. The van der Waals surface area contributed by atoms with Gasteiger partial charge >= 0.3 is 0 Å². The highest BCUT2D eigenvalue weighted by molar-refractivity contribution is 9.10. The lowest BCUT2D eigenvalue weighted by Crippen LogP contribution is -2.19. The fourth-order valence-corrected chi connectivity index (χ4v) is 5.46. The number of aromatic nitrogens is 1. The Hall–Kier alpha value is -3.39. The number of hydrogen-bond acceptors (Lipinski definition) is 2. The Kier molecular flexibility index (Phi) is 7.70. The van der Waals surface area contributed by atoms with Crippen LogP contribution in [-0.4, -0.2) is 10.5 Å². The van der Waals surface area contributed by atoms with Crippen LogP contribution in [0.1, 0.15) is 18.4 Å². The van der Waals surface area contributed by atoms with Crippen molar-refractivity contribution in [2.75, 3.05) is 0 Å². The number of thiazole rings is 1. The highest BCUT2D eigenvalue weighted by Crippen LogP contribution is 2.29. The van der Waals surface area contributed by atoms with Crippen molar-refractivity contribution in [1.82, 2.24) is 4.57 Å². The molecule has 0 fully saturated rings. The number of nitrogens with zero attached hydrogens (tertiary/aromatic N) is 2. The van der Waals surface area contributed by atoms with E-state index in [9.17, 15) is 9.18 Å². The Morgan fingerprint density at radius 2 is 1.66 bits per heavy atom. The maximum atomic E-state index is 15.1. The van der Waals surface area contributed by atoms with Gasteiger partial charge in [-0.3, -0.25) is 9.36 Å². The molecule has 0 N–H and O–H groups in total. The van der Waals surface area contributed by atoms with Crippen LogP contribution in [0, 0.1) is 11.6 Å². The highest BCUT2D eigenvalue weighted by atomic mass is 79.9. The van der Waals surface area contributed by atoms with Crippen LogP contribution in [-0.2, 0) is 4.79 Å². The third-order valence-corrected chi connectivity index (χ3v) is 7.72. The van der Waals surface area contributed by atoms with Gasteiger partial charge in [0.1, 0.15) is 11.6 Å². The molecule has 4 aromatic carbocycles. The third kappa shape index (κ3) is 5.41. The molecule has 1 aromatic heterocycles. The zero-order valence-corrected chi connectivity index (χ0v) is 23.2. The minimum atomic E-state index is -0.710. The maximum Gasteiger partial charge on any atom is 0.255 e. The van der Waals surface area contributed by atoms with Crippen LogP contribution in [0.5, 0.6) is 0 Å². The zero-order chi connectivity index (χ0) is 26.8. The molecular formula is C30H20BrClF2N2OS. The van der Waals surface area contributed by atoms with E-state index in [1.54, 1.807) is 47.9 Å². The molecule has 3 nitrogen and oxygen atoms in total. The zero-order valence-electron chi connectivity index (χ0n) is 20.0. The summed E-state index contributed by atoms with van der Waals surface area (Å²) in [5.41, 5.74) is 3.41. The van der Waals surface area contributed by atoms with Gasteiger partial charge in [0.15, 0.2) is 4.80 Å². The third-order valence-electron chi connectivity index (χ3n) is 6.15. The van der Waals surface area contributed by atoms with Crippen LogP contribution in [0.3, 0.4) is 0 Å². The summed E-state index contributed by atoms with van der Waals surface area (Å²) >= 11 is 10.6. The summed E-state index contributed by atoms with van der Waals surface area (Å²) in [5.74, 6) is -2.07. The second-order valence-electron chi connectivity index (χ2n) is 8.62. The molecule has 0 bridgehead atoms. The first-order chi connectivity index (χ1) is 18.3. The first kappa shape index (κ1) is 26.2. The van der Waals surface area contributed by atoms with E-state index in [1.807, 2.05) is 47.8 Å². The van der Waals surface area contributed by atoms with Crippen molar-refractivity contribution in [3.8, 4) is 28.1 Å². The van der Waals surface area contributed by atoms with E-state index in [-0.39, 0.29) is 5.69 Å². The van der Waals surface area contributed by atoms with Gasteiger partial charge in [-0.25, -0.2) is 8.78 Å².